The molecule has 1 aromatic carbocycles. The number of nitrogens with zero attached hydrogens (tertiary/aromatic N) is 1. The van der Waals surface area contributed by atoms with E-state index in [-0.39, 0.29) is 23.9 Å². The second-order valence-electron chi connectivity index (χ2n) is 6.87. The fourth-order valence-electron chi connectivity index (χ4n) is 3.70. The SMILES string of the molecule is Cc1ccc(C(=O)C2CCCN2C(=O)NC2CCCCC2)cc1. The predicted molar refractivity (Wildman–Crippen MR) is 90.6 cm³/mol. The molecule has 1 heterocycles. The lowest BCUT2D eigenvalue weighted by Crippen LogP contribution is -2.49. The van der Waals surface area contributed by atoms with Gasteiger partial charge in [-0.25, -0.2) is 4.79 Å². The standard InChI is InChI=1S/C19H26N2O2/c1-14-9-11-15(12-10-14)18(22)17-8-5-13-21(17)19(23)20-16-6-3-2-4-7-16/h9-12,16-17H,2-8,13H2,1H3,(H,20,23). The number of aryl methyl sites for hydroxylation is 1. The first kappa shape index (κ1) is 16.0. The fourth-order valence-corrected chi connectivity index (χ4v) is 3.70. The van der Waals surface area contributed by atoms with Gasteiger partial charge in [-0.1, -0.05) is 49.1 Å². The van der Waals surface area contributed by atoms with Crippen LogP contribution in [0.3, 0.4) is 0 Å². The number of carbonyl (C=O) groups excluding carboxylic acids is 2. The number of carbonyl (C=O) groups is 2. The molecule has 4 heteroatoms. The van der Waals surface area contributed by atoms with Crippen LogP contribution in [0.1, 0.15) is 60.9 Å². The van der Waals surface area contributed by atoms with Crippen LogP contribution in [0.25, 0.3) is 0 Å². The highest BCUT2D eigenvalue weighted by Gasteiger charge is 2.35. The summed E-state index contributed by atoms with van der Waals surface area (Å²) in [6.45, 7) is 2.69. The van der Waals surface area contributed by atoms with Crippen molar-refractivity contribution in [2.75, 3.05) is 6.54 Å². The zero-order valence-electron chi connectivity index (χ0n) is 13.9. The van der Waals surface area contributed by atoms with Crippen LogP contribution >= 0.6 is 0 Å². The molecule has 0 radical (unpaired) electrons. The second-order valence-corrected chi connectivity index (χ2v) is 6.87. The Morgan fingerprint density at radius 3 is 2.39 bits per heavy atom. The van der Waals surface area contributed by atoms with Gasteiger partial charge in [0.15, 0.2) is 5.78 Å². The molecule has 1 saturated heterocycles. The second kappa shape index (κ2) is 7.16. The Bertz CT molecular complexity index is 561. The van der Waals surface area contributed by atoms with E-state index in [0.29, 0.717) is 12.1 Å². The van der Waals surface area contributed by atoms with Crippen LogP contribution in [0.15, 0.2) is 24.3 Å². The van der Waals surface area contributed by atoms with Gasteiger partial charge in [0.25, 0.3) is 0 Å². The van der Waals surface area contributed by atoms with Crippen LogP contribution in [-0.4, -0.2) is 35.3 Å². The van der Waals surface area contributed by atoms with Gasteiger partial charge >= 0.3 is 6.03 Å². The number of rotatable bonds is 3. The van der Waals surface area contributed by atoms with Gasteiger partial charge in [-0.15, -0.1) is 0 Å². The van der Waals surface area contributed by atoms with E-state index in [4.69, 9.17) is 0 Å². The third-order valence-electron chi connectivity index (χ3n) is 5.09. The van der Waals surface area contributed by atoms with Crippen molar-refractivity contribution in [3.05, 3.63) is 35.4 Å². The van der Waals surface area contributed by atoms with Crippen molar-refractivity contribution in [3.63, 3.8) is 0 Å². The van der Waals surface area contributed by atoms with Gasteiger partial charge in [-0.05, 0) is 32.6 Å². The number of nitrogens with one attached hydrogen (secondary N) is 1. The predicted octanol–water partition coefficient (Wildman–Crippen LogP) is 3.68. The molecule has 4 nitrogen and oxygen atoms in total. The largest absolute Gasteiger partial charge is 0.335 e. The number of amides is 2. The normalized spacial score (nSPS) is 22.1. The summed E-state index contributed by atoms with van der Waals surface area (Å²) in [5.74, 6) is 0.0706. The number of urea groups is 1. The Labute approximate surface area is 138 Å². The number of hydrogen-bond donors (Lipinski definition) is 1. The Morgan fingerprint density at radius 2 is 1.70 bits per heavy atom. The molecule has 1 atom stereocenters. The van der Waals surface area contributed by atoms with E-state index in [1.165, 1.54) is 19.3 Å². The highest BCUT2D eigenvalue weighted by atomic mass is 16.2. The Balaban J connectivity index is 1.65. The van der Waals surface area contributed by atoms with Gasteiger partial charge in [0, 0.05) is 18.2 Å². The molecule has 0 bridgehead atoms. The Morgan fingerprint density at radius 1 is 1.00 bits per heavy atom. The molecule has 1 saturated carbocycles. The van der Waals surface area contributed by atoms with E-state index >= 15 is 0 Å². The molecular weight excluding hydrogens is 288 g/mol. The molecule has 124 valence electrons. The number of hydrogen-bond acceptors (Lipinski definition) is 2. The Hall–Kier alpha value is -1.84. The van der Waals surface area contributed by atoms with Gasteiger partial charge in [0.1, 0.15) is 0 Å². The smallest absolute Gasteiger partial charge is 0.318 e. The number of ketones is 1. The van der Waals surface area contributed by atoms with Gasteiger partial charge in [0.2, 0.25) is 0 Å². The minimum absolute atomic E-state index is 0.0557. The minimum Gasteiger partial charge on any atom is -0.335 e. The molecular formula is C19H26N2O2. The molecule has 1 unspecified atom stereocenters. The van der Waals surface area contributed by atoms with Gasteiger partial charge in [-0.3, -0.25) is 4.79 Å². The molecule has 1 aromatic rings. The summed E-state index contributed by atoms with van der Waals surface area (Å²) in [5.41, 5.74) is 1.85. The monoisotopic (exact) mass is 314 g/mol. The maximum absolute atomic E-state index is 12.7. The lowest BCUT2D eigenvalue weighted by Gasteiger charge is -2.29. The number of likely N-dealkylation sites (tertiary alicyclic amines) is 1. The summed E-state index contributed by atoms with van der Waals surface area (Å²) in [6.07, 6.45) is 7.45. The van der Waals surface area contributed by atoms with E-state index in [9.17, 15) is 9.59 Å². The first-order chi connectivity index (χ1) is 11.1. The number of benzene rings is 1. The summed E-state index contributed by atoms with van der Waals surface area (Å²) in [7, 11) is 0. The summed E-state index contributed by atoms with van der Waals surface area (Å²) in [6, 6.07) is 7.57. The van der Waals surface area contributed by atoms with Crippen molar-refractivity contribution in [2.24, 2.45) is 0 Å². The van der Waals surface area contributed by atoms with E-state index in [2.05, 4.69) is 5.32 Å². The van der Waals surface area contributed by atoms with Crippen LogP contribution in [0.5, 0.6) is 0 Å². The minimum atomic E-state index is -0.304. The van der Waals surface area contributed by atoms with Crippen molar-refractivity contribution in [3.8, 4) is 0 Å². The van der Waals surface area contributed by atoms with Crippen LogP contribution in [-0.2, 0) is 0 Å². The van der Waals surface area contributed by atoms with Crippen LogP contribution < -0.4 is 5.32 Å². The lowest BCUT2D eigenvalue weighted by molar-refractivity contribution is 0.0884. The number of Topliss-reactive ketones (excluding diaryl/α,β-unsaturated/α-hetero) is 1. The zero-order valence-corrected chi connectivity index (χ0v) is 13.9. The average molecular weight is 314 g/mol. The zero-order chi connectivity index (χ0) is 16.2. The molecule has 2 amide bonds. The molecule has 1 aliphatic carbocycles. The highest BCUT2D eigenvalue weighted by molar-refractivity contribution is 6.02. The molecule has 2 fully saturated rings. The maximum atomic E-state index is 12.7. The summed E-state index contributed by atoms with van der Waals surface area (Å²) in [5, 5.41) is 3.14. The van der Waals surface area contributed by atoms with Crippen molar-refractivity contribution in [1.29, 1.82) is 0 Å². The lowest BCUT2D eigenvalue weighted by atomic mass is 9.95. The van der Waals surface area contributed by atoms with E-state index in [1.54, 1.807) is 4.90 Å². The van der Waals surface area contributed by atoms with Gasteiger partial charge in [0.05, 0.1) is 6.04 Å². The maximum Gasteiger partial charge on any atom is 0.318 e. The molecule has 0 spiro atoms. The molecule has 2 aliphatic rings. The summed E-state index contributed by atoms with van der Waals surface area (Å²) < 4.78 is 0. The van der Waals surface area contributed by atoms with Crippen molar-refractivity contribution in [1.82, 2.24) is 10.2 Å². The quantitative estimate of drug-likeness (QED) is 0.865. The van der Waals surface area contributed by atoms with Gasteiger partial charge < -0.3 is 10.2 Å². The van der Waals surface area contributed by atoms with Crippen molar-refractivity contribution >= 4 is 11.8 Å². The third-order valence-corrected chi connectivity index (χ3v) is 5.09. The Kier molecular flexibility index (Phi) is 4.99. The molecule has 0 aromatic heterocycles. The molecule has 1 aliphatic heterocycles. The van der Waals surface area contributed by atoms with E-state index in [1.807, 2.05) is 31.2 Å². The van der Waals surface area contributed by atoms with Crippen LogP contribution in [0.2, 0.25) is 0 Å². The topological polar surface area (TPSA) is 49.4 Å². The highest BCUT2D eigenvalue weighted by Crippen LogP contribution is 2.23. The molecule has 23 heavy (non-hydrogen) atoms. The first-order valence-electron chi connectivity index (χ1n) is 8.83. The fraction of sp³-hybridized carbons (Fsp3) is 0.579. The first-order valence-corrected chi connectivity index (χ1v) is 8.83. The van der Waals surface area contributed by atoms with Crippen LogP contribution in [0, 0.1) is 6.92 Å². The summed E-state index contributed by atoms with van der Waals surface area (Å²) >= 11 is 0. The van der Waals surface area contributed by atoms with Crippen LogP contribution in [0.4, 0.5) is 4.79 Å². The van der Waals surface area contributed by atoms with E-state index < -0.39 is 0 Å². The van der Waals surface area contributed by atoms with Crippen molar-refractivity contribution < 1.29 is 9.59 Å². The molecule has 1 N–H and O–H groups in total. The average Bonchev–Trinajstić information content (AvgIpc) is 3.05. The van der Waals surface area contributed by atoms with Gasteiger partial charge in [-0.2, -0.15) is 0 Å². The van der Waals surface area contributed by atoms with E-state index in [0.717, 1.165) is 31.2 Å². The molecule has 3 rings (SSSR count). The summed E-state index contributed by atoms with van der Waals surface area (Å²) in [4.78, 5) is 27.1. The van der Waals surface area contributed by atoms with Crippen molar-refractivity contribution in [2.45, 2.75) is 64.0 Å². The third kappa shape index (κ3) is 3.74.